The molecule has 2 heterocycles. The maximum absolute atomic E-state index is 13.8. The fourth-order valence-corrected chi connectivity index (χ4v) is 5.53. The number of benzene rings is 2. The van der Waals surface area contributed by atoms with E-state index in [2.05, 4.69) is 25.7 Å². The molecule has 2 aromatic carbocycles. The van der Waals surface area contributed by atoms with Crippen LogP contribution in [0.4, 0.5) is 0 Å². The van der Waals surface area contributed by atoms with E-state index < -0.39 is 18.0 Å². The number of nitrogens with zero attached hydrogens (tertiary/aromatic N) is 2. The molecule has 1 aliphatic rings. The van der Waals surface area contributed by atoms with Crippen LogP contribution < -0.4 is 24.4 Å². The summed E-state index contributed by atoms with van der Waals surface area (Å²) in [6.45, 7) is 1.63. The van der Waals surface area contributed by atoms with Gasteiger partial charge in [-0.1, -0.05) is 64.5 Å². The topological polar surface area (TPSA) is 105 Å². The number of hydrogen-bond donors (Lipinski definition) is 0. The van der Waals surface area contributed by atoms with Gasteiger partial charge in [0.25, 0.3) is 5.56 Å². The van der Waals surface area contributed by atoms with Crippen molar-refractivity contribution in [3.8, 4) is 11.5 Å². The molecule has 0 radical (unpaired) electrons. The third kappa shape index (κ3) is 5.30. The van der Waals surface area contributed by atoms with Gasteiger partial charge in [-0.15, -0.1) is 0 Å². The summed E-state index contributed by atoms with van der Waals surface area (Å²) in [5.41, 5.74) is 2.05. The first-order valence-corrected chi connectivity index (χ1v) is 13.2. The highest BCUT2D eigenvalue weighted by molar-refractivity contribution is 9.10. The van der Waals surface area contributed by atoms with Crippen LogP contribution in [0, 0.1) is 0 Å². The maximum atomic E-state index is 13.8. The van der Waals surface area contributed by atoms with E-state index in [1.807, 2.05) is 37.3 Å². The highest BCUT2D eigenvalue weighted by Gasteiger charge is 2.33. The summed E-state index contributed by atoms with van der Waals surface area (Å²) in [6.07, 6.45) is 2.21. The number of allylic oxidation sites excluding steroid dienone is 1. The van der Waals surface area contributed by atoms with Crippen molar-refractivity contribution in [3.63, 3.8) is 0 Å². The van der Waals surface area contributed by atoms with Gasteiger partial charge in [0.2, 0.25) is 0 Å². The second-order valence-electron chi connectivity index (χ2n) is 8.09. The van der Waals surface area contributed by atoms with Gasteiger partial charge in [0, 0.05) is 4.47 Å². The van der Waals surface area contributed by atoms with Crippen LogP contribution in [0.15, 0.2) is 68.0 Å². The minimum absolute atomic E-state index is 0.279. The highest BCUT2D eigenvalue weighted by atomic mass is 79.9. The Morgan fingerprint density at radius 1 is 1.11 bits per heavy atom. The molecule has 198 valence electrons. The van der Waals surface area contributed by atoms with E-state index in [-0.39, 0.29) is 12.2 Å². The van der Waals surface area contributed by atoms with Crippen molar-refractivity contribution in [1.29, 1.82) is 0 Å². The van der Waals surface area contributed by atoms with Crippen molar-refractivity contribution in [1.82, 2.24) is 4.57 Å². The zero-order chi connectivity index (χ0) is 27.4. The number of esters is 2. The predicted octanol–water partition coefficient (Wildman–Crippen LogP) is 3.12. The van der Waals surface area contributed by atoms with Gasteiger partial charge in [-0.3, -0.25) is 9.36 Å². The standard InChI is InChI=1S/C27H25BrN2O7S/c1-5-18-23(26(33)36-4)24(15-9-7-6-8-10-15)30-25(32)21(38-27(30)29-18)12-16-11-19(34-2)20(13-17(16)28)37-14-22(31)35-3/h6-13,24H,5,14H2,1-4H3/b21-12-/t24-/m0/s1. The zero-order valence-electron chi connectivity index (χ0n) is 21.1. The van der Waals surface area contributed by atoms with Crippen LogP contribution in [0.5, 0.6) is 11.5 Å². The molecular formula is C27H25BrN2O7S. The van der Waals surface area contributed by atoms with Gasteiger partial charge in [-0.05, 0) is 35.8 Å². The van der Waals surface area contributed by atoms with Gasteiger partial charge in [0.05, 0.1) is 43.2 Å². The van der Waals surface area contributed by atoms with Crippen molar-refractivity contribution in [2.75, 3.05) is 27.9 Å². The average molecular weight is 601 g/mol. The number of carbonyl (C=O) groups is 2. The van der Waals surface area contributed by atoms with Gasteiger partial charge in [-0.25, -0.2) is 14.6 Å². The molecule has 0 fully saturated rings. The van der Waals surface area contributed by atoms with E-state index in [1.165, 1.54) is 37.2 Å². The van der Waals surface area contributed by atoms with E-state index in [0.29, 0.717) is 48.6 Å². The lowest BCUT2D eigenvalue weighted by atomic mass is 9.95. The summed E-state index contributed by atoms with van der Waals surface area (Å²) in [5, 5.41) is 0. The van der Waals surface area contributed by atoms with Gasteiger partial charge in [0.1, 0.15) is 0 Å². The van der Waals surface area contributed by atoms with E-state index in [9.17, 15) is 14.4 Å². The number of fused-ring (bicyclic) bond motifs is 1. The molecule has 1 aromatic heterocycles. The lowest BCUT2D eigenvalue weighted by molar-refractivity contribution is -0.143. The normalized spacial score (nSPS) is 15.0. The number of rotatable bonds is 8. The summed E-state index contributed by atoms with van der Waals surface area (Å²) in [4.78, 5) is 43.3. The van der Waals surface area contributed by atoms with Crippen molar-refractivity contribution in [2.45, 2.75) is 19.4 Å². The third-order valence-electron chi connectivity index (χ3n) is 5.91. The molecule has 0 saturated heterocycles. The van der Waals surface area contributed by atoms with Gasteiger partial charge in [-0.2, -0.15) is 0 Å². The summed E-state index contributed by atoms with van der Waals surface area (Å²) >= 11 is 4.74. The fourth-order valence-electron chi connectivity index (χ4n) is 4.09. The molecule has 1 aliphatic heterocycles. The molecule has 0 amide bonds. The Kier molecular flexibility index (Phi) is 8.48. The molecule has 11 heteroatoms. The molecule has 0 unspecified atom stereocenters. The Labute approximate surface area is 230 Å². The summed E-state index contributed by atoms with van der Waals surface area (Å²) < 4.78 is 23.2. The van der Waals surface area contributed by atoms with Crippen molar-refractivity contribution in [2.24, 2.45) is 4.99 Å². The van der Waals surface area contributed by atoms with Gasteiger partial charge < -0.3 is 18.9 Å². The van der Waals surface area contributed by atoms with Gasteiger partial charge >= 0.3 is 11.9 Å². The van der Waals surface area contributed by atoms with Crippen LogP contribution in [-0.4, -0.2) is 44.4 Å². The molecule has 0 saturated carbocycles. The number of halogens is 1. The minimum atomic E-state index is -0.677. The molecular weight excluding hydrogens is 576 g/mol. The van der Waals surface area contributed by atoms with Gasteiger partial charge in [0.15, 0.2) is 22.9 Å². The lowest BCUT2D eigenvalue weighted by Crippen LogP contribution is -2.40. The molecule has 4 rings (SSSR count). The number of methoxy groups -OCH3 is 3. The monoisotopic (exact) mass is 600 g/mol. The maximum Gasteiger partial charge on any atom is 0.343 e. The number of ether oxygens (including phenoxy) is 4. The molecule has 1 atom stereocenters. The Morgan fingerprint density at radius 3 is 2.47 bits per heavy atom. The second-order valence-corrected chi connectivity index (χ2v) is 9.95. The van der Waals surface area contributed by atoms with Crippen LogP contribution in [0.2, 0.25) is 0 Å². The Hall–Kier alpha value is -3.70. The predicted molar refractivity (Wildman–Crippen MR) is 145 cm³/mol. The highest BCUT2D eigenvalue weighted by Crippen LogP contribution is 2.34. The SMILES string of the molecule is CCC1=C(C(=O)OC)[C@H](c2ccccc2)n2c(s/c(=C\c3cc(OC)c(OCC(=O)OC)cc3Br)c2=O)=N1. The third-order valence-corrected chi connectivity index (χ3v) is 7.58. The van der Waals surface area contributed by atoms with E-state index in [0.717, 1.165) is 5.56 Å². The molecule has 0 bridgehead atoms. The van der Waals surface area contributed by atoms with Crippen molar-refractivity contribution in [3.05, 3.63) is 89.0 Å². The first kappa shape index (κ1) is 27.3. The van der Waals surface area contributed by atoms with Crippen LogP contribution in [0.25, 0.3) is 6.08 Å². The average Bonchev–Trinajstić information content (AvgIpc) is 3.25. The van der Waals surface area contributed by atoms with Crippen molar-refractivity contribution < 1.29 is 28.5 Å². The Morgan fingerprint density at radius 2 is 1.84 bits per heavy atom. The Balaban J connectivity index is 1.88. The number of carbonyl (C=O) groups excluding carboxylic acids is 2. The molecule has 0 aliphatic carbocycles. The lowest BCUT2D eigenvalue weighted by Gasteiger charge is -2.25. The summed E-state index contributed by atoms with van der Waals surface area (Å²) in [6, 6.07) is 12.0. The zero-order valence-corrected chi connectivity index (χ0v) is 23.6. The quantitative estimate of drug-likeness (QED) is 0.366. The molecule has 9 nitrogen and oxygen atoms in total. The smallest absolute Gasteiger partial charge is 0.343 e. The Bertz CT molecular complexity index is 1590. The first-order valence-electron chi connectivity index (χ1n) is 11.6. The number of thiazole rings is 1. The molecule has 3 aromatic rings. The summed E-state index contributed by atoms with van der Waals surface area (Å²) in [5.74, 6) is -0.342. The van der Waals surface area contributed by atoms with E-state index >= 15 is 0 Å². The second kappa shape index (κ2) is 11.8. The minimum Gasteiger partial charge on any atom is -0.493 e. The number of aromatic nitrogens is 1. The van der Waals surface area contributed by atoms with Crippen LogP contribution in [-0.2, 0) is 19.1 Å². The summed E-state index contributed by atoms with van der Waals surface area (Å²) in [7, 11) is 4.07. The molecule has 0 N–H and O–H groups in total. The van der Waals surface area contributed by atoms with E-state index in [4.69, 9.17) is 14.2 Å². The molecule has 0 spiro atoms. The van der Waals surface area contributed by atoms with Crippen LogP contribution in [0.3, 0.4) is 0 Å². The largest absolute Gasteiger partial charge is 0.493 e. The van der Waals surface area contributed by atoms with Crippen LogP contribution in [0.1, 0.15) is 30.5 Å². The van der Waals surface area contributed by atoms with Crippen molar-refractivity contribution >= 4 is 45.3 Å². The number of hydrogen-bond acceptors (Lipinski definition) is 9. The fraction of sp³-hybridized carbons (Fsp3) is 0.259. The van der Waals surface area contributed by atoms with Crippen LogP contribution >= 0.6 is 27.3 Å². The molecule has 38 heavy (non-hydrogen) atoms. The van der Waals surface area contributed by atoms with E-state index in [1.54, 1.807) is 18.2 Å². The first-order chi connectivity index (χ1) is 18.3.